The van der Waals surface area contributed by atoms with Gasteiger partial charge in [-0.2, -0.15) is 0 Å². The van der Waals surface area contributed by atoms with E-state index in [1.807, 2.05) is 13.8 Å². The lowest BCUT2D eigenvalue weighted by Gasteiger charge is -2.16. The quantitative estimate of drug-likeness (QED) is 0.469. The summed E-state index contributed by atoms with van der Waals surface area (Å²) in [5.41, 5.74) is 5.25. The van der Waals surface area contributed by atoms with Gasteiger partial charge in [0.15, 0.2) is 6.10 Å². The SMILES string of the molecule is CCC(C)OC(=O)C(C)OCCOCCN. The second kappa shape index (κ2) is 9.57. The summed E-state index contributed by atoms with van der Waals surface area (Å²) in [6.45, 7) is 7.31. The maximum absolute atomic E-state index is 11.4. The van der Waals surface area contributed by atoms with Gasteiger partial charge < -0.3 is 19.9 Å². The molecule has 2 N–H and O–H groups in total. The predicted molar refractivity (Wildman–Crippen MR) is 61.1 cm³/mol. The van der Waals surface area contributed by atoms with Crippen molar-refractivity contribution in [2.24, 2.45) is 5.73 Å². The van der Waals surface area contributed by atoms with Crippen LogP contribution in [0.5, 0.6) is 0 Å². The second-order valence-electron chi connectivity index (χ2n) is 3.57. The van der Waals surface area contributed by atoms with Crippen molar-refractivity contribution < 1.29 is 19.0 Å². The van der Waals surface area contributed by atoms with Gasteiger partial charge in [0, 0.05) is 6.54 Å². The molecule has 0 saturated heterocycles. The topological polar surface area (TPSA) is 70.8 Å². The molecule has 0 radical (unpaired) electrons. The predicted octanol–water partition coefficient (Wildman–Crippen LogP) is 0.709. The first-order valence-electron chi connectivity index (χ1n) is 5.71. The third-order valence-electron chi connectivity index (χ3n) is 2.08. The Labute approximate surface area is 97.2 Å². The Bertz CT molecular complexity index is 187. The number of carbonyl (C=O) groups excluding carboxylic acids is 1. The first-order chi connectivity index (χ1) is 7.61. The second-order valence-corrected chi connectivity index (χ2v) is 3.57. The van der Waals surface area contributed by atoms with Crippen LogP contribution in [0.15, 0.2) is 0 Å². The molecule has 0 aliphatic heterocycles. The van der Waals surface area contributed by atoms with E-state index < -0.39 is 6.10 Å². The highest BCUT2D eigenvalue weighted by Crippen LogP contribution is 2.01. The van der Waals surface area contributed by atoms with Gasteiger partial charge in [0.25, 0.3) is 0 Å². The van der Waals surface area contributed by atoms with Crippen molar-refractivity contribution in [3.05, 3.63) is 0 Å². The number of nitrogens with two attached hydrogens (primary N) is 1. The van der Waals surface area contributed by atoms with Crippen LogP contribution < -0.4 is 5.73 Å². The molecule has 0 spiro atoms. The fraction of sp³-hybridized carbons (Fsp3) is 0.909. The average Bonchev–Trinajstić information content (AvgIpc) is 2.28. The molecule has 96 valence electrons. The highest BCUT2D eigenvalue weighted by Gasteiger charge is 2.16. The van der Waals surface area contributed by atoms with Gasteiger partial charge in [0.2, 0.25) is 0 Å². The largest absolute Gasteiger partial charge is 0.461 e. The fourth-order valence-corrected chi connectivity index (χ4v) is 0.915. The van der Waals surface area contributed by atoms with Crippen LogP contribution in [-0.2, 0) is 19.0 Å². The van der Waals surface area contributed by atoms with Crippen molar-refractivity contribution in [1.82, 2.24) is 0 Å². The Hall–Kier alpha value is -0.650. The minimum atomic E-state index is -0.546. The molecule has 0 aromatic rings. The number of carbonyl (C=O) groups is 1. The summed E-state index contributed by atoms with van der Waals surface area (Å²) in [6.07, 6.45) is 0.195. The van der Waals surface area contributed by atoms with Crippen molar-refractivity contribution in [3.8, 4) is 0 Å². The fourth-order valence-electron chi connectivity index (χ4n) is 0.915. The lowest BCUT2D eigenvalue weighted by Crippen LogP contribution is -2.28. The van der Waals surface area contributed by atoms with E-state index in [-0.39, 0.29) is 12.1 Å². The summed E-state index contributed by atoms with van der Waals surface area (Å²) in [5.74, 6) is -0.326. The summed E-state index contributed by atoms with van der Waals surface area (Å²) in [5, 5.41) is 0. The summed E-state index contributed by atoms with van der Waals surface area (Å²) in [4.78, 5) is 11.4. The van der Waals surface area contributed by atoms with E-state index in [9.17, 15) is 4.79 Å². The van der Waals surface area contributed by atoms with Crippen LogP contribution >= 0.6 is 0 Å². The molecule has 2 unspecified atom stereocenters. The first-order valence-corrected chi connectivity index (χ1v) is 5.71. The average molecular weight is 233 g/mol. The standard InChI is InChI=1S/C11H23NO4/c1-4-9(2)16-11(13)10(3)15-8-7-14-6-5-12/h9-10H,4-8,12H2,1-3H3. The van der Waals surface area contributed by atoms with E-state index >= 15 is 0 Å². The molecule has 0 aromatic carbocycles. The highest BCUT2D eigenvalue weighted by molar-refractivity contribution is 5.74. The van der Waals surface area contributed by atoms with E-state index in [2.05, 4.69) is 0 Å². The lowest BCUT2D eigenvalue weighted by molar-refractivity contribution is -0.161. The maximum Gasteiger partial charge on any atom is 0.335 e. The summed E-state index contributed by atoms with van der Waals surface area (Å²) < 4.78 is 15.5. The Morgan fingerprint density at radius 1 is 1.25 bits per heavy atom. The Balaban J connectivity index is 3.55. The van der Waals surface area contributed by atoms with Crippen molar-refractivity contribution in [2.45, 2.75) is 39.4 Å². The molecule has 0 aliphatic rings. The van der Waals surface area contributed by atoms with Crippen LogP contribution in [0.1, 0.15) is 27.2 Å². The van der Waals surface area contributed by atoms with E-state index in [1.165, 1.54) is 0 Å². The first kappa shape index (κ1) is 15.3. The lowest BCUT2D eigenvalue weighted by atomic mass is 10.3. The highest BCUT2D eigenvalue weighted by atomic mass is 16.6. The minimum Gasteiger partial charge on any atom is -0.461 e. The normalized spacial score (nSPS) is 14.5. The van der Waals surface area contributed by atoms with Crippen molar-refractivity contribution in [2.75, 3.05) is 26.4 Å². The van der Waals surface area contributed by atoms with Crippen molar-refractivity contribution in [1.29, 1.82) is 0 Å². The van der Waals surface area contributed by atoms with Gasteiger partial charge in [-0.05, 0) is 20.3 Å². The van der Waals surface area contributed by atoms with Gasteiger partial charge in [0.05, 0.1) is 25.9 Å². The zero-order valence-electron chi connectivity index (χ0n) is 10.4. The number of rotatable bonds is 9. The van der Waals surface area contributed by atoms with Crippen molar-refractivity contribution >= 4 is 5.97 Å². The number of hydrogen-bond acceptors (Lipinski definition) is 5. The molecule has 2 atom stereocenters. The maximum atomic E-state index is 11.4. The van der Waals surface area contributed by atoms with E-state index in [0.29, 0.717) is 26.4 Å². The molecule has 0 fully saturated rings. The molecule has 0 amide bonds. The zero-order chi connectivity index (χ0) is 12.4. The zero-order valence-corrected chi connectivity index (χ0v) is 10.4. The number of esters is 1. The van der Waals surface area contributed by atoms with E-state index in [0.717, 1.165) is 6.42 Å². The van der Waals surface area contributed by atoms with Gasteiger partial charge >= 0.3 is 5.97 Å². The van der Waals surface area contributed by atoms with Crippen molar-refractivity contribution in [3.63, 3.8) is 0 Å². The third-order valence-corrected chi connectivity index (χ3v) is 2.08. The third kappa shape index (κ3) is 7.62. The summed E-state index contributed by atoms with van der Waals surface area (Å²) in [6, 6.07) is 0. The molecule has 5 heteroatoms. The Morgan fingerprint density at radius 3 is 2.50 bits per heavy atom. The minimum absolute atomic E-state index is 0.0629. The molecule has 0 aromatic heterocycles. The van der Waals surface area contributed by atoms with Crippen LogP contribution in [-0.4, -0.2) is 44.5 Å². The Kier molecular flexibility index (Phi) is 9.18. The van der Waals surface area contributed by atoms with E-state index in [4.69, 9.17) is 19.9 Å². The van der Waals surface area contributed by atoms with E-state index in [1.54, 1.807) is 6.92 Å². The van der Waals surface area contributed by atoms with Crippen LogP contribution in [0.4, 0.5) is 0 Å². The smallest absolute Gasteiger partial charge is 0.335 e. The van der Waals surface area contributed by atoms with Crippen LogP contribution in [0.25, 0.3) is 0 Å². The van der Waals surface area contributed by atoms with Gasteiger partial charge in [-0.3, -0.25) is 0 Å². The van der Waals surface area contributed by atoms with Crippen LogP contribution in [0.3, 0.4) is 0 Å². The monoisotopic (exact) mass is 233 g/mol. The summed E-state index contributed by atoms with van der Waals surface area (Å²) in [7, 11) is 0. The number of ether oxygens (including phenoxy) is 3. The van der Waals surface area contributed by atoms with Crippen LogP contribution in [0.2, 0.25) is 0 Å². The summed E-state index contributed by atoms with van der Waals surface area (Å²) >= 11 is 0. The molecule has 0 bridgehead atoms. The molecular weight excluding hydrogens is 210 g/mol. The molecule has 0 saturated carbocycles. The molecule has 0 heterocycles. The van der Waals surface area contributed by atoms with Gasteiger partial charge in [-0.25, -0.2) is 4.79 Å². The number of hydrogen-bond donors (Lipinski definition) is 1. The molecule has 5 nitrogen and oxygen atoms in total. The van der Waals surface area contributed by atoms with Gasteiger partial charge in [-0.15, -0.1) is 0 Å². The molecule has 16 heavy (non-hydrogen) atoms. The van der Waals surface area contributed by atoms with Crippen LogP contribution in [0, 0.1) is 0 Å². The molecule has 0 rings (SSSR count). The molecule has 0 aliphatic carbocycles. The van der Waals surface area contributed by atoms with Gasteiger partial charge in [-0.1, -0.05) is 6.92 Å². The molecular formula is C11H23NO4. The Morgan fingerprint density at radius 2 is 1.94 bits per heavy atom. The van der Waals surface area contributed by atoms with Gasteiger partial charge in [0.1, 0.15) is 0 Å².